The molecule has 2 rings (SSSR count). The van der Waals surface area contributed by atoms with Gasteiger partial charge in [-0.3, -0.25) is 9.78 Å². The summed E-state index contributed by atoms with van der Waals surface area (Å²) in [6.07, 6.45) is 1.49. The quantitative estimate of drug-likeness (QED) is 0.819. The maximum atomic E-state index is 11.7. The number of nitrogens with two attached hydrogens (primary N) is 1. The first kappa shape index (κ1) is 11.1. The molecule has 0 fully saturated rings. The fourth-order valence-corrected chi connectivity index (χ4v) is 1.33. The van der Waals surface area contributed by atoms with Crippen LogP contribution in [0.4, 0.5) is 5.69 Å². The average Bonchev–Trinajstić information content (AvgIpc) is 2.72. The molecule has 0 saturated carbocycles. The number of nitrogens with one attached hydrogen (secondary N) is 1. The molecule has 0 aliphatic carbocycles. The Balaban J connectivity index is 1.98. The number of hydrogen-bond donors (Lipinski definition) is 2. The van der Waals surface area contributed by atoms with Crippen LogP contribution in [0, 0.1) is 6.92 Å². The van der Waals surface area contributed by atoms with E-state index in [9.17, 15) is 4.79 Å². The monoisotopic (exact) mass is 232 g/mol. The lowest BCUT2D eigenvalue weighted by Gasteiger charge is -2.02. The molecule has 0 unspecified atom stereocenters. The first-order valence-corrected chi connectivity index (χ1v) is 5.07. The van der Waals surface area contributed by atoms with Gasteiger partial charge in [0.2, 0.25) is 0 Å². The zero-order chi connectivity index (χ0) is 12.3. The maximum Gasteiger partial charge on any atom is 0.270 e. The summed E-state index contributed by atoms with van der Waals surface area (Å²) in [6, 6.07) is 4.90. The van der Waals surface area contributed by atoms with Crippen LogP contribution in [0.25, 0.3) is 0 Å². The first-order valence-electron chi connectivity index (χ1n) is 5.07. The number of aryl methyl sites for hydroxylation is 1. The maximum absolute atomic E-state index is 11.7. The van der Waals surface area contributed by atoms with Gasteiger partial charge in [-0.1, -0.05) is 5.16 Å². The Labute approximate surface area is 97.8 Å². The fraction of sp³-hybridized carbons (Fsp3) is 0.182. The van der Waals surface area contributed by atoms with Crippen molar-refractivity contribution in [2.24, 2.45) is 0 Å². The van der Waals surface area contributed by atoms with Crippen LogP contribution in [0.2, 0.25) is 0 Å². The molecule has 2 heterocycles. The van der Waals surface area contributed by atoms with E-state index in [0.29, 0.717) is 23.7 Å². The minimum atomic E-state index is -0.294. The highest BCUT2D eigenvalue weighted by Gasteiger charge is 2.08. The lowest BCUT2D eigenvalue weighted by molar-refractivity contribution is 0.0945. The molecule has 0 aliphatic heterocycles. The van der Waals surface area contributed by atoms with Gasteiger partial charge in [-0.15, -0.1) is 0 Å². The van der Waals surface area contributed by atoms with Crippen LogP contribution >= 0.6 is 0 Å². The minimum absolute atomic E-state index is 0.283. The Morgan fingerprint density at radius 2 is 2.35 bits per heavy atom. The van der Waals surface area contributed by atoms with E-state index in [1.54, 1.807) is 19.1 Å². The molecule has 0 saturated heterocycles. The highest BCUT2D eigenvalue weighted by atomic mass is 16.5. The minimum Gasteiger partial charge on any atom is -0.399 e. The third kappa shape index (κ3) is 2.81. The number of hydrogen-bond acceptors (Lipinski definition) is 5. The largest absolute Gasteiger partial charge is 0.399 e. The van der Waals surface area contributed by atoms with E-state index in [1.165, 1.54) is 12.3 Å². The van der Waals surface area contributed by atoms with E-state index in [0.717, 1.165) is 0 Å². The Hall–Kier alpha value is -2.37. The SMILES string of the molecule is Cc1cc(CNC(=O)c2cc(N)ccn2)no1. The predicted molar refractivity (Wildman–Crippen MR) is 61.1 cm³/mol. The molecular weight excluding hydrogens is 220 g/mol. The van der Waals surface area contributed by atoms with Crippen molar-refractivity contribution in [3.8, 4) is 0 Å². The summed E-state index contributed by atoms with van der Waals surface area (Å²) < 4.78 is 4.88. The summed E-state index contributed by atoms with van der Waals surface area (Å²) in [7, 11) is 0. The molecule has 0 bridgehead atoms. The van der Waals surface area contributed by atoms with Gasteiger partial charge in [0.15, 0.2) is 0 Å². The molecule has 1 amide bonds. The number of carbonyl (C=O) groups is 1. The third-order valence-corrected chi connectivity index (χ3v) is 2.12. The number of nitrogen functional groups attached to an aromatic ring is 1. The standard InChI is InChI=1S/C11H12N4O2/c1-7-4-9(15-17-7)6-14-11(16)10-5-8(12)2-3-13-10/h2-5H,6H2,1H3,(H2,12,13)(H,14,16). The second kappa shape index (κ2) is 4.65. The smallest absolute Gasteiger partial charge is 0.270 e. The predicted octanol–water partition coefficient (Wildman–Crippen LogP) is 0.890. The Morgan fingerprint density at radius 1 is 1.53 bits per heavy atom. The van der Waals surface area contributed by atoms with E-state index >= 15 is 0 Å². The van der Waals surface area contributed by atoms with Crippen LogP contribution in [0.5, 0.6) is 0 Å². The molecule has 0 spiro atoms. The number of aromatic nitrogens is 2. The first-order chi connectivity index (χ1) is 8.15. The van der Waals surface area contributed by atoms with E-state index in [2.05, 4.69) is 15.5 Å². The highest BCUT2D eigenvalue weighted by molar-refractivity contribution is 5.92. The van der Waals surface area contributed by atoms with E-state index in [1.807, 2.05) is 0 Å². The Kier molecular flexibility index (Phi) is 3.04. The van der Waals surface area contributed by atoms with Crippen LogP contribution in [0.1, 0.15) is 21.9 Å². The van der Waals surface area contributed by atoms with Crippen LogP contribution in [0.15, 0.2) is 28.9 Å². The van der Waals surface area contributed by atoms with Crippen molar-refractivity contribution in [1.29, 1.82) is 0 Å². The van der Waals surface area contributed by atoms with Gasteiger partial charge in [0, 0.05) is 18.0 Å². The summed E-state index contributed by atoms with van der Waals surface area (Å²) in [5.74, 6) is 0.411. The van der Waals surface area contributed by atoms with E-state index in [-0.39, 0.29) is 11.6 Å². The number of amides is 1. The summed E-state index contributed by atoms with van der Waals surface area (Å²) in [4.78, 5) is 15.6. The molecule has 2 aromatic heterocycles. The summed E-state index contributed by atoms with van der Waals surface area (Å²) in [6.45, 7) is 2.09. The second-order valence-corrected chi connectivity index (χ2v) is 3.59. The topological polar surface area (TPSA) is 94.0 Å². The van der Waals surface area contributed by atoms with Crippen molar-refractivity contribution in [2.75, 3.05) is 5.73 Å². The van der Waals surface area contributed by atoms with E-state index < -0.39 is 0 Å². The molecule has 6 nitrogen and oxygen atoms in total. The van der Waals surface area contributed by atoms with Crippen molar-refractivity contribution < 1.29 is 9.32 Å². The van der Waals surface area contributed by atoms with Crippen molar-refractivity contribution >= 4 is 11.6 Å². The Morgan fingerprint density at radius 3 is 3.00 bits per heavy atom. The van der Waals surface area contributed by atoms with Gasteiger partial charge in [0.05, 0.1) is 6.54 Å². The fourth-order valence-electron chi connectivity index (χ4n) is 1.33. The zero-order valence-corrected chi connectivity index (χ0v) is 9.30. The van der Waals surface area contributed by atoms with Gasteiger partial charge in [-0.25, -0.2) is 0 Å². The van der Waals surface area contributed by atoms with Crippen LogP contribution in [0.3, 0.4) is 0 Å². The average molecular weight is 232 g/mol. The third-order valence-electron chi connectivity index (χ3n) is 2.12. The number of anilines is 1. The zero-order valence-electron chi connectivity index (χ0n) is 9.30. The second-order valence-electron chi connectivity index (χ2n) is 3.59. The molecule has 2 aromatic rings. The molecule has 0 aliphatic rings. The van der Waals surface area contributed by atoms with Gasteiger partial charge in [-0.05, 0) is 19.1 Å². The van der Waals surface area contributed by atoms with Gasteiger partial charge in [0.1, 0.15) is 17.1 Å². The summed E-state index contributed by atoms with van der Waals surface area (Å²) >= 11 is 0. The number of rotatable bonds is 3. The van der Waals surface area contributed by atoms with Crippen molar-refractivity contribution in [2.45, 2.75) is 13.5 Å². The van der Waals surface area contributed by atoms with Crippen LogP contribution in [-0.4, -0.2) is 16.0 Å². The van der Waals surface area contributed by atoms with E-state index in [4.69, 9.17) is 10.3 Å². The number of carbonyl (C=O) groups excluding carboxylic acids is 1. The molecule has 3 N–H and O–H groups in total. The van der Waals surface area contributed by atoms with Crippen molar-refractivity contribution in [1.82, 2.24) is 15.5 Å². The van der Waals surface area contributed by atoms with Gasteiger partial charge in [0.25, 0.3) is 5.91 Å². The van der Waals surface area contributed by atoms with Crippen molar-refractivity contribution in [3.63, 3.8) is 0 Å². The number of pyridine rings is 1. The highest BCUT2D eigenvalue weighted by Crippen LogP contribution is 2.04. The van der Waals surface area contributed by atoms with Crippen molar-refractivity contribution in [3.05, 3.63) is 41.5 Å². The number of nitrogens with zero attached hydrogens (tertiary/aromatic N) is 2. The van der Waals surface area contributed by atoms with Crippen LogP contribution < -0.4 is 11.1 Å². The lowest BCUT2D eigenvalue weighted by atomic mass is 10.3. The van der Waals surface area contributed by atoms with Crippen LogP contribution in [-0.2, 0) is 6.54 Å². The van der Waals surface area contributed by atoms with Gasteiger partial charge in [-0.2, -0.15) is 0 Å². The molecule has 0 radical (unpaired) electrons. The normalized spacial score (nSPS) is 10.2. The molecular formula is C11H12N4O2. The molecule has 88 valence electrons. The molecule has 0 atom stereocenters. The summed E-state index contributed by atoms with van der Waals surface area (Å²) in [5.41, 5.74) is 7.01. The lowest BCUT2D eigenvalue weighted by Crippen LogP contribution is -2.24. The molecule has 0 aromatic carbocycles. The van der Waals surface area contributed by atoms with Gasteiger partial charge >= 0.3 is 0 Å². The Bertz CT molecular complexity index is 536. The molecule has 17 heavy (non-hydrogen) atoms. The van der Waals surface area contributed by atoms with Gasteiger partial charge < -0.3 is 15.6 Å². The molecule has 6 heteroatoms. The summed E-state index contributed by atoms with van der Waals surface area (Å²) in [5, 5.41) is 6.44.